The highest BCUT2D eigenvalue weighted by molar-refractivity contribution is 8.00. The molecule has 0 fully saturated rings. The monoisotopic (exact) mass is 1210 g/mol. The standard InChI is InChI=1S/C85H48B2N2O2S2/c1-3-19-49(20-4-1)86-65-27-11-17-33-75(65)92-83-67(86)43-41-63-77(83)59-47-51(88-69-29-13-7-25-57(69)79-71(88)45-37-55-53-23-9-15-31-73(53)90-81(55)79)35-39-61(59)85(63)62-40-36-52(89-70-30-14-8-26-58(70)80-72(89)46-38-56-54-24-10-16-32-74(54)91-82(56)80)48-60(62)78-64(85)42-44-68-84(78)93-76-34-18-12-28-66(76)87(68)50-21-5-2-6-22-50/h1-48H. The van der Waals surface area contributed by atoms with Crippen LogP contribution < -0.4 is 32.8 Å². The molecule has 0 saturated carbocycles. The molecule has 0 N–H and O–H groups in total. The van der Waals surface area contributed by atoms with Gasteiger partial charge in [0, 0.05) is 74.4 Å². The van der Waals surface area contributed by atoms with Gasteiger partial charge >= 0.3 is 0 Å². The minimum Gasteiger partial charge on any atom is -0.455 e. The van der Waals surface area contributed by atoms with Crippen LogP contribution in [0.3, 0.4) is 0 Å². The van der Waals surface area contributed by atoms with Crippen molar-refractivity contribution in [2.45, 2.75) is 25.0 Å². The Morgan fingerprint density at radius 3 is 1.17 bits per heavy atom. The molecular weight excluding hydrogens is 1170 g/mol. The number of hydrogen-bond acceptors (Lipinski definition) is 4. The second-order valence-electron chi connectivity index (χ2n) is 25.6. The number of aromatic nitrogens is 2. The van der Waals surface area contributed by atoms with E-state index in [0.29, 0.717) is 0 Å². The van der Waals surface area contributed by atoms with E-state index in [2.05, 4.69) is 300 Å². The zero-order chi connectivity index (χ0) is 60.4. The van der Waals surface area contributed by atoms with Crippen LogP contribution in [0.1, 0.15) is 22.3 Å². The second kappa shape index (κ2) is 18.6. The van der Waals surface area contributed by atoms with Gasteiger partial charge in [0.2, 0.25) is 13.4 Å². The molecular formula is C85H48B2N2O2S2. The molecule has 2 aliphatic heterocycles. The molecule has 1 spiro atoms. The molecule has 428 valence electrons. The smallest absolute Gasteiger partial charge is 0.244 e. The van der Waals surface area contributed by atoms with Gasteiger partial charge in [0.1, 0.15) is 22.3 Å². The molecule has 14 aromatic carbocycles. The Morgan fingerprint density at radius 2 is 0.699 bits per heavy atom. The van der Waals surface area contributed by atoms with Gasteiger partial charge in [-0.3, -0.25) is 0 Å². The van der Waals surface area contributed by atoms with E-state index in [1.165, 1.54) is 108 Å². The third-order valence-electron chi connectivity index (χ3n) is 21.2. The van der Waals surface area contributed by atoms with Gasteiger partial charge in [-0.05, 0) is 118 Å². The SMILES string of the molecule is c1ccc(B2c3ccccc3Sc3c2ccc2c3-c3cc(-n4c5ccccc5c5c6oc7ccccc7c6ccc54)ccc3C23c2ccc(-n4c5ccccc5c5c6oc7ccccc7c6ccc54)cc2-c2c3ccc3c2Sc2ccccc2B3c2ccccc2)cc1. The van der Waals surface area contributed by atoms with Gasteiger partial charge in [0.25, 0.3) is 0 Å². The molecule has 2 aliphatic carbocycles. The molecule has 18 aromatic rings. The summed E-state index contributed by atoms with van der Waals surface area (Å²) in [4.78, 5) is 5.23. The van der Waals surface area contributed by atoms with Crippen LogP contribution >= 0.6 is 23.5 Å². The summed E-state index contributed by atoms with van der Waals surface area (Å²) in [6, 6.07) is 110. The second-order valence-corrected chi connectivity index (χ2v) is 27.7. The van der Waals surface area contributed by atoms with Crippen molar-refractivity contribution in [2.24, 2.45) is 0 Å². The lowest BCUT2D eigenvalue weighted by Gasteiger charge is -2.33. The number of rotatable bonds is 4. The Bertz CT molecular complexity index is 5970. The van der Waals surface area contributed by atoms with Crippen molar-refractivity contribution in [2.75, 3.05) is 0 Å². The van der Waals surface area contributed by atoms with Crippen LogP contribution in [0.4, 0.5) is 0 Å². The summed E-state index contributed by atoms with van der Waals surface area (Å²) in [6.45, 7) is 0.0682. The Morgan fingerprint density at radius 1 is 0.301 bits per heavy atom. The maximum absolute atomic E-state index is 6.88. The number of furan rings is 2. The summed E-state index contributed by atoms with van der Waals surface area (Å²) in [5.74, 6) is 0. The van der Waals surface area contributed by atoms with Gasteiger partial charge in [0.05, 0.1) is 38.3 Å². The van der Waals surface area contributed by atoms with Gasteiger partial charge < -0.3 is 18.0 Å². The Labute approximate surface area is 543 Å². The van der Waals surface area contributed by atoms with Crippen molar-refractivity contribution in [3.8, 4) is 33.6 Å². The summed E-state index contributed by atoms with van der Waals surface area (Å²) in [7, 11) is 0. The first kappa shape index (κ1) is 50.8. The molecule has 8 heteroatoms. The van der Waals surface area contributed by atoms with Crippen molar-refractivity contribution >= 4 is 157 Å². The lowest BCUT2D eigenvalue weighted by atomic mass is 9.36. The highest BCUT2D eigenvalue weighted by atomic mass is 32.2. The predicted molar refractivity (Wildman–Crippen MR) is 389 cm³/mol. The van der Waals surface area contributed by atoms with Crippen molar-refractivity contribution in [1.82, 2.24) is 9.13 Å². The number of fused-ring (bicyclic) bond motifs is 30. The average molecular weight is 1220 g/mol. The predicted octanol–water partition coefficient (Wildman–Crippen LogP) is 18.0. The normalized spacial score (nSPS) is 14.0. The fraction of sp³-hybridized carbons (Fsp3) is 0.0118. The van der Waals surface area contributed by atoms with Crippen LogP contribution in [0.5, 0.6) is 0 Å². The summed E-state index contributed by atoms with van der Waals surface area (Å²) in [5.41, 5.74) is 28.0. The van der Waals surface area contributed by atoms with Crippen molar-refractivity contribution in [3.05, 3.63) is 313 Å². The van der Waals surface area contributed by atoms with E-state index in [0.717, 1.165) is 88.1 Å². The number of hydrogen-bond donors (Lipinski definition) is 0. The minimum absolute atomic E-state index is 0.0341. The fourth-order valence-corrected chi connectivity index (χ4v) is 20.1. The van der Waals surface area contributed by atoms with E-state index in [4.69, 9.17) is 8.83 Å². The number of benzene rings is 14. The molecule has 4 aliphatic rings. The van der Waals surface area contributed by atoms with Crippen molar-refractivity contribution in [1.29, 1.82) is 0 Å². The zero-order valence-corrected chi connectivity index (χ0v) is 51.5. The highest BCUT2D eigenvalue weighted by Crippen LogP contribution is 2.66. The molecule has 4 nitrogen and oxygen atoms in total. The first-order valence-electron chi connectivity index (χ1n) is 32.1. The van der Waals surface area contributed by atoms with Gasteiger partial charge in [0.15, 0.2) is 0 Å². The van der Waals surface area contributed by atoms with Gasteiger partial charge in [-0.2, -0.15) is 0 Å². The van der Waals surface area contributed by atoms with Crippen LogP contribution in [0.15, 0.2) is 320 Å². The highest BCUT2D eigenvalue weighted by Gasteiger charge is 2.55. The van der Waals surface area contributed by atoms with E-state index in [9.17, 15) is 0 Å². The maximum Gasteiger partial charge on any atom is 0.244 e. The van der Waals surface area contributed by atoms with E-state index in [1.807, 2.05) is 23.5 Å². The molecule has 0 amide bonds. The minimum atomic E-state index is -0.724. The molecule has 0 radical (unpaired) electrons. The van der Waals surface area contributed by atoms with E-state index in [-0.39, 0.29) is 13.4 Å². The summed E-state index contributed by atoms with van der Waals surface area (Å²) in [6.07, 6.45) is 0. The first-order chi connectivity index (χ1) is 46.2. The molecule has 6 heterocycles. The lowest BCUT2D eigenvalue weighted by Crippen LogP contribution is -2.55. The summed E-state index contributed by atoms with van der Waals surface area (Å²) < 4.78 is 18.8. The average Bonchev–Trinajstić information content (AvgIpc) is 1.50. The van der Waals surface area contributed by atoms with E-state index < -0.39 is 5.41 Å². The third kappa shape index (κ3) is 6.61. The van der Waals surface area contributed by atoms with Gasteiger partial charge in [-0.1, -0.05) is 263 Å². The van der Waals surface area contributed by atoms with Crippen LogP contribution in [0, 0.1) is 0 Å². The number of nitrogens with zero attached hydrogens (tertiary/aromatic N) is 2. The Kier molecular flexibility index (Phi) is 10.2. The molecule has 0 atom stereocenters. The first-order valence-corrected chi connectivity index (χ1v) is 33.7. The number of para-hydroxylation sites is 4. The topological polar surface area (TPSA) is 36.1 Å². The molecule has 0 saturated heterocycles. The largest absolute Gasteiger partial charge is 0.455 e. The van der Waals surface area contributed by atoms with Gasteiger partial charge in [-0.15, -0.1) is 0 Å². The summed E-state index contributed by atoms with van der Waals surface area (Å²) >= 11 is 3.90. The lowest BCUT2D eigenvalue weighted by molar-refractivity contribution is 0.672. The summed E-state index contributed by atoms with van der Waals surface area (Å²) in [5, 5.41) is 9.12. The molecule has 22 rings (SSSR count). The van der Waals surface area contributed by atoms with E-state index in [1.54, 1.807) is 0 Å². The van der Waals surface area contributed by atoms with Crippen LogP contribution in [-0.4, -0.2) is 22.6 Å². The fourth-order valence-electron chi connectivity index (χ4n) is 17.5. The molecule has 4 aromatic heterocycles. The zero-order valence-electron chi connectivity index (χ0n) is 49.9. The molecule has 0 unspecified atom stereocenters. The van der Waals surface area contributed by atoms with Crippen molar-refractivity contribution in [3.63, 3.8) is 0 Å². The molecule has 0 bridgehead atoms. The maximum atomic E-state index is 6.88. The van der Waals surface area contributed by atoms with Gasteiger partial charge in [-0.25, -0.2) is 0 Å². The van der Waals surface area contributed by atoms with Crippen LogP contribution in [0.2, 0.25) is 0 Å². The van der Waals surface area contributed by atoms with Crippen LogP contribution in [0.25, 0.3) is 121 Å². The Balaban J connectivity index is 0.860. The van der Waals surface area contributed by atoms with E-state index >= 15 is 0 Å². The molecule has 93 heavy (non-hydrogen) atoms. The quantitative estimate of drug-likeness (QED) is 0.165. The van der Waals surface area contributed by atoms with Crippen molar-refractivity contribution < 1.29 is 8.83 Å². The van der Waals surface area contributed by atoms with Crippen LogP contribution in [-0.2, 0) is 5.41 Å². The third-order valence-corrected chi connectivity index (χ3v) is 23.7. The Hall–Kier alpha value is -10.9.